The number of ether oxygens (including phenoxy) is 1. The third-order valence-corrected chi connectivity index (χ3v) is 11.7. The fourth-order valence-corrected chi connectivity index (χ4v) is 10.0. The Hall–Kier alpha value is -2.60. The number of aromatic nitrogens is 1. The average molecular weight is 558 g/mol. The van der Waals surface area contributed by atoms with Gasteiger partial charge in [0.2, 0.25) is 15.9 Å². The molecule has 37 heavy (non-hydrogen) atoms. The summed E-state index contributed by atoms with van der Waals surface area (Å²) in [5, 5.41) is 9.26. The van der Waals surface area contributed by atoms with Crippen molar-refractivity contribution in [3.63, 3.8) is 0 Å². The molecule has 2 heterocycles. The van der Waals surface area contributed by atoms with Crippen molar-refractivity contribution in [2.75, 3.05) is 12.4 Å². The van der Waals surface area contributed by atoms with E-state index >= 15 is 0 Å². The standard InChI is InChI=1S/C26H27N3O5S3/c1-34-18-8-4-14(5-9-18)21-22-15-2-3-16(12-15)23(22)35-25-24(21)36-26(31)29(25)13-20(30)28-17-6-10-19(11-7-17)37(27,32)33/h4-11,15-16,21-23H,2-3,12-13H2,1H3,(H,28,30)(H2,27,32,33)/t15?,16?,21-,22?,23?/m1/s1. The van der Waals surface area contributed by atoms with Gasteiger partial charge in [-0.2, -0.15) is 0 Å². The van der Waals surface area contributed by atoms with Crippen LogP contribution < -0.4 is 20.1 Å². The molecule has 1 aliphatic heterocycles. The summed E-state index contributed by atoms with van der Waals surface area (Å²) in [5.74, 6) is 2.39. The zero-order valence-electron chi connectivity index (χ0n) is 20.1. The number of nitrogens with zero attached hydrogens (tertiary/aromatic N) is 1. The molecule has 3 N–H and O–H groups in total. The molecule has 6 rings (SSSR count). The number of amides is 1. The summed E-state index contributed by atoms with van der Waals surface area (Å²) >= 11 is 3.04. The van der Waals surface area contributed by atoms with Crippen molar-refractivity contribution in [1.29, 1.82) is 0 Å². The first-order valence-corrected chi connectivity index (χ1v) is 15.4. The van der Waals surface area contributed by atoms with Crippen molar-refractivity contribution in [3.05, 3.63) is 68.6 Å². The van der Waals surface area contributed by atoms with Gasteiger partial charge >= 0.3 is 4.87 Å². The predicted molar refractivity (Wildman–Crippen MR) is 144 cm³/mol. The Morgan fingerprint density at radius 2 is 1.81 bits per heavy atom. The van der Waals surface area contributed by atoms with E-state index in [0.717, 1.165) is 15.7 Å². The van der Waals surface area contributed by atoms with Gasteiger partial charge in [0.15, 0.2) is 0 Å². The molecule has 5 atom stereocenters. The Kier molecular flexibility index (Phi) is 6.21. The Labute approximate surface area is 223 Å². The maximum absolute atomic E-state index is 13.2. The number of carbonyl (C=O) groups is 1. The molecule has 2 saturated carbocycles. The van der Waals surface area contributed by atoms with Crippen molar-refractivity contribution in [3.8, 4) is 5.75 Å². The molecule has 194 valence electrons. The van der Waals surface area contributed by atoms with E-state index in [0.29, 0.717) is 28.7 Å². The van der Waals surface area contributed by atoms with Gasteiger partial charge in [-0.15, -0.1) is 11.8 Å². The van der Waals surface area contributed by atoms with Gasteiger partial charge in [0.25, 0.3) is 0 Å². The first-order chi connectivity index (χ1) is 17.7. The number of benzene rings is 2. The first kappa shape index (κ1) is 24.7. The highest BCUT2D eigenvalue weighted by Gasteiger charge is 2.55. The number of rotatable bonds is 6. The third-order valence-electron chi connectivity index (χ3n) is 7.93. The predicted octanol–water partition coefficient (Wildman–Crippen LogP) is 3.86. The minimum atomic E-state index is -3.81. The summed E-state index contributed by atoms with van der Waals surface area (Å²) in [6, 6.07) is 13.8. The highest BCUT2D eigenvalue weighted by atomic mass is 32.2. The number of anilines is 1. The molecule has 0 spiro atoms. The van der Waals surface area contributed by atoms with E-state index in [2.05, 4.69) is 17.4 Å². The number of hydrogen-bond donors (Lipinski definition) is 2. The molecule has 0 saturated heterocycles. The molecule has 3 aromatic rings. The summed E-state index contributed by atoms with van der Waals surface area (Å²) in [6.45, 7) is -0.102. The fraction of sp³-hybridized carbons (Fsp3) is 0.385. The smallest absolute Gasteiger partial charge is 0.308 e. The normalized spacial score (nSPS) is 25.9. The minimum absolute atomic E-state index is 0.0324. The zero-order chi connectivity index (χ0) is 25.9. The second-order valence-electron chi connectivity index (χ2n) is 9.98. The van der Waals surface area contributed by atoms with Gasteiger partial charge in [0, 0.05) is 21.7 Å². The topological polar surface area (TPSA) is 120 Å². The van der Waals surface area contributed by atoms with Crippen LogP contribution in [-0.2, 0) is 21.4 Å². The molecular weight excluding hydrogens is 531 g/mol. The molecular formula is C26H27N3O5S3. The van der Waals surface area contributed by atoms with Crippen molar-refractivity contribution < 1.29 is 17.9 Å². The van der Waals surface area contributed by atoms with E-state index in [4.69, 9.17) is 9.88 Å². The molecule has 11 heteroatoms. The Morgan fingerprint density at radius 3 is 2.49 bits per heavy atom. The Balaban J connectivity index is 1.31. The summed E-state index contributed by atoms with van der Waals surface area (Å²) < 4.78 is 29.9. The summed E-state index contributed by atoms with van der Waals surface area (Å²) in [5.41, 5.74) is 1.63. The van der Waals surface area contributed by atoms with Gasteiger partial charge < -0.3 is 10.1 Å². The number of methoxy groups -OCH3 is 1. The van der Waals surface area contributed by atoms with Gasteiger partial charge in [0.1, 0.15) is 12.3 Å². The number of carbonyl (C=O) groups excluding carboxylic acids is 1. The molecule has 2 aromatic carbocycles. The molecule has 2 aliphatic carbocycles. The first-order valence-electron chi connectivity index (χ1n) is 12.2. The van der Waals surface area contributed by atoms with Gasteiger partial charge in [-0.25, -0.2) is 13.6 Å². The zero-order valence-corrected chi connectivity index (χ0v) is 22.6. The van der Waals surface area contributed by atoms with Crippen LogP contribution in [0.1, 0.15) is 35.6 Å². The molecule has 3 aliphatic rings. The Bertz CT molecular complexity index is 1510. The van der Waals surface area contributed by atoms with Crippen molar-refractivity contribution in [1.82, 2.24) is 4.57 Å². The van der Waals surface area contributed by atoms with Gasteiger partial charge in [-0.1, -0.05) is 23.5 Å². The van der Waals surface area contributed by atoms with E-state index in [1.54, 1.807) is 23.4 Å². The van der Waals surface area contributed by atoms with E-state index in [1.165, 1.54) is 60.4 Å². The van der Waals surface area contributed by atoms with Gasteiger partial charge in [0.05, 0.1) is 17.0 Å². The molecule has 4 unspecified atom stereocenters. The number of primary sulfonamides is 1. The van der Waals surface area contributed by atoms with E-state index in [9.17, 15) is 18.0 Å². The second kappa shape index (κ2) is 9.30. The van der Waals surface area contributed by atoms with E-state index in [1.807, 2.05) is 12.1 Å². The van der Waals surface area contributed by atoms with Crippen LogP contribution in [0.5, 0.6) is 5.75 Å². The van der Waals surface area contributed by atoms with Crippen LogP contribution in [0.4, 0.5) is 5.69 Å². The van der Waals surface area contributed by atoms with E-state index in [-0.39, 0.29) is 28.1 Å². The molecule has 1 amide bonds. The largest absolute Gasteiger partial charge is 0.497 e. The number of sulfonamides is 1. The lowest BCUT2D eigenvalue weighted by molar-refractivity contribution is -0.116. The van der Waals surface area contributed by atoms with Crippen molar-refractivity contribution in [2.24, 2.45) is 22.9 Å². The second-order valence-corrected chi connectivity index (χ2v) is 13.7. The number of nitrogens with two attached hydrogens (primary N) is 1. The molecule has 1 aromatic heterocycles. The van der Waals surface area contributed by atoms with Crippen LogP contribution in [0.25, 0.3) is 0 Å². The van der Waals surface area contributed by atoms with Crippen LogP contribution in [0.2, 0.25) is 0 Å². The Morgan fingerprint density at radius 1 is 1.11 bits per heavy atom. The molecule has 8 nitrogen and oxygen atoms in total. The summed E-state index contributed by atoms with van der Waals surface area (Å²) in [7, 11) is -2.16. The van der Waals surface area contributed by atoms with Crippen LogP contribution in [-0.4, -0.2) is 31.3 Å². The lowest BCUT2D eigenvalue weighted by atomic mass is 9.75. The van der Waals surface area contributed by atoms with Crippen molar-refractivity contribution >= 4 is 44.7 Å². The van der Waals surface area contributed by atoms with Crippen molar-refractivity contribution in [2.45, 2.75) is 46.9 Å². The number of fused-ring (bicyclic) bond motifs is 6. The van der Waals surface area contributed by atoms with Crippen LogP contribution in [0, 0.1) is 17.8 Å². The van der Waals surface area contributed by atoms with Gasteiger partial charge in [-0.3, -0.25) is 14.2 Å². The molecule has 2 bridgehead atoms. The number of hydrogen-bond acceptors (Lipinski definition) is 7. The summed E-state index contributed by atoms with van der Waals surface area (Å²) in [4.78, 5) is 27.0. The van der Waals surface area contributed by atoms with Crippen LogP contribution in [0.3, 0.4) is 0 Å². The maximum atomic E-state index is 13.2. The third kappa shape index (κ3) is 4.41. The lowest BCUT2D eigenvalue weighted by Crippen LogP contribution is -2.34. The average Bonchev–Trinajstić information content (AvgIpc) is 3.57. The van der Waals surface area contributed by atoms with Crippen LogP contribution in [0.15, 0.2) is 63.2 Å². The van der Waals surface area contributed by atoms with E-state index < -0.39 is 10.0 Å². The molecule has 0 radical (unpaired) electrons. The highest BCUT2D eigenvalue weighted by Crippen LogP contribution is 2.64. The number of thiazole rings is 1. The quantitative estimate of drug-likeness (QED) is 0.475. The number of thioether (sulfide) groups is 1. The molecule has 2 fully saturated rings. The lowest BCUT2D eigenvalue weighted by Gasteiger charge is -2.40. The van der Waals surface area contributed by atoms with Gasteiger partial charge in [-0.05, 0) is 79.0 Å². The van der Waals surface area contributed by atoms with Crippen LogP contribution >= 0.6 is 23.1 Å². The summed E-state index contributed by atoms with van der Waals surface area (Å²) in [6.07, 6.45) is 3.71. The SMILES string of the molecule is COc1ccc([C@H]2c3sc(=O)n(CC(=O)Nc4ccc(S(N)(=O)=O)cc4)c3SC3C4CCC(C4)C32)cc1. The maximum Gasteiger partial charge on any atom is 0.308 e. The fourth-order valence-electron chi connectivity index (χ4n) is 6.34. The minimum Gasteiger partial charge on any atom is -0.497 e. The highest BCUT2D eigenvalue weighted by molar-refractivity contribution is 8.00. The monoisotopic (exact) mass is 557 g/mol. The number of nitrogens with one attached hydrogen (secondary N) is 1.